The Morgan fingerprint density at radius 3 is 2.64 bits per heavy atom. The molecule has 2 aromatic rings. The lowest BCUT2D eigenvalue weighted by atomic mass is 10.1. The van der Waals surface area contributed by atoms with Crippen LogP contribution in [0.15, 0.2) is 40.9 Å². The van der Waals surface area contributed by atoms with Crippen LogP contribution in [0, 0.1) is 5.82 Å². The predicted octanol–water partition coefficient (Wildman–Crippen LogP) is 4.21. The minimum Gasteiger partial charge on any atom is -0.486 e. The quantitative estimate of drug-likeness (QED) is 0.880. The van der Waals surface area contributed by atoms with Crippen molar-refractivity contribution in [2.24, 2.45) is 0 Å². The van der Waals surface area contributed by atoms with Gasteiger partial charge in [-0.1, -0.05) is 28.1 Å². The lowest BCUT2D eigenvalue weighted by Gasteiger charge is -2.22. The van der Waals surface area contributed by atoms with Crippen molar-refractivity contribution in [2.45, 2.75) is 19.5 Å². The molecule has 22 heavy (non-hydrogen) atoms. The monoisotopic (exact) mass is 365 g/mol. The molecule has 2 aromatic carbocycles. The summed E-state index contributed by atoms with van der Waals surface area (Å²) in [6.07, 6.45) is 0. The maximum Gasteiger partial charge on any atom is 0.162 e. The van der Waals surface area contributed by atoms with Crippen molar-refractivity contribution in [1.29, 1.82) is 0 Å². The van der Waals surface area contributed by atoms with E-state index in [2.05, 4.69) is 28.2 Å². The van der Waals surface area contributed by atoms with E-state index in [0.29, 0.717) is 19.8 Å². The van der Waals surface area contributed by atoms with Crippen molar-refractivity contribution in [1.82, 2.24) is 5.32 Å². The van der Waals surface area contributed by atoms with E-state index in [1.165, 1.54) is 6.07 Å². The van der Waals surface area contributed by atoms with Crippen molar-refractivity contribution in [2.75, 3.05) is 13.2 Å². The van der Waals surface area contributed by atoms with Gasteiger partial charge in [0.1, 0.15) is 19.0 Å². The Kier molecular flexibility index (Phi) is 4.64. The van der Waals surface area contributed by atoms with Crippen LogP contribution in [0.4, 0.5) is 4.39 Å². The minimum atomic E-state index is -0.215. The summed E-state index contributed by atoms with van der Waals surface area (Å²) in [6, 6.07) is 10.6. The van der Waals surface area contributed by atoms with Gasteiger partial charge >= 0.3 is 0 Å². The number of rotatable bonds is 4. The summed E-state index contributed by atoms with van der Waals surface area (Å²) in [5, 5.41) is 3.40. The van der Waals surface area contributed by atoms with Gasteiger partial charge in [-0.15, -0.1) is 0 Å². The summed E-state index contributed by atoms with van der Waals surface area (Å²) in [4.78, 5) is 0. The largest absolute Gasteiger partial charge is 0.486 e. The van der Waals surface area contributed by atoms with Crippen molar-refractivity contribution < 1.29 is 13.9 Å². The molecule has 3 nitrogen and oxygen atoms in total. The molecule has 0 bridgehead atoms. The molecule has 1 N–H and O–H groups in total. The molecule has 116 valence electrons. The molecule has 1 aliphatic rings. The number of ether oxygens (including phenoxy) is 2. The molecule has 1 unspecified atom stereocenters. The average molecular weight is 366 g/mol. The molecule has 0 aliphatic carbocycles. The molecule has 0 saturated heterocycles. The van der Waals surface area contributed by atoms with Gasteiger partial charge in [-0.05, 0) is 42.3 Å². The predicted molar refractivity (Wildman–Crippen MR) is 86.8 cm³/mol. The zero-order valence-electron chi connectivity index (χ0n) is 12.2. The molecular formula is C17H17BrFNO2. The van der Waals surface area contributed by atoms with Crippen molar-refractivity contribution in [3.63, 3.8) is 0 Å². The lowest BCUT2D eigenvalue weighted by Crippen LogP contribution is -2.20. The van der Waals surface area contributed by atoms with E-state index in [1.54, 1.807) is 12.1 Å². The van der Waals surface area contributed by atoms with Gasteiger partial charge in [-0.25, -0.2) is 4.39 Å². The summed E-state index contributed by atoms with van der Waals surface area (Å²) in [7, 11) is 0. The first-order valence-corrected chi connectivity index (χ1v) is 7.99. The molecule has 0 radical (unpaired) electrons. The zero-order chi connectivity index (χ0) is 15.5. The van der Waals surface area contributed by atoms with Crippen molar-refractivity contribution in [3.05, 3.63) is 57.8 Å². The molecule has 0 saturated carbocycles. The van der Waals surface area contributed by atoms with E-state index in [-0.39, 0.29) is 11.9 Å². The van der Waals surface area contributed by atoms with E-state index in [1.807, 2.05) is 18.2 Å². The number of benzene rings is 2. The van der Waals surface area contributed by atoms with Crippen LogP contribution in [-0.4, -0.2) is 13.2 Å². The second-order valence-corrected chi connectivity index (χ2v) is 6.10. The van der Waals surface area contributed by atoms with E-state index >= 15 is 0 Å². The maximum absolute atomic E-state index is 13.2. The highest BCUT2D eigenvalue weighted by Gasteiger charge is 2.17. The smallest absolute Gasteiger partial charge is 0.162 e. The summed E-state index contributed by atoms with van der Waals surface area (Å²) in [5.74, 6) is 1.32. The van der Waals surface area contributed by atoms with Crippen LogP contribution >= 0.6 is 15.9 Å². The summed E-state index contributed by atoms with van der Waals surface area (Å²) in [5.41, 5.74) is 2.00. The fourth-order valence-corrected chi connectivity index (χ4v) is 3.11. The molecule has 0 amide bonds. The number of nitrogens with one attached hydrogen (secondary N) is 1. The minimum absolute atomic E-state index is 0.0912. The standard InChI is InChI=1S/C17H17BrFNO2/c1-11(20-10-12-3-2-4-13(19)7-12)14-8-16-17(9-15(14)18)22-6-5-21-16/h2-4,7-9,11,20H,5-6,10H2,1H3. The van der Waals surface area contributed by atoms with Gasteiger partial charge in [0.2, 0.25) is 0 Å². The first kappa shape index (κ1) is 15.3. The van der Waals surface area contributed by atoms with Crippen molar-refractivity contribution >= 4 is 15.9 Å². The average Bonchev–Trinajstić information content (AvgIpc) is 2.52. The normalized spacial score (nSPS) is 14.7. The summed E-state index contributed by atoms with van der Waals surface area (Å²) >= 11 is 3.58. The fraction of sp³-hybridized carbons (Fsp3) is 0.294. The second kappa shape index (κ2) is 6.67. The van der Waals surface area contributed by atoms with E-state index in [0.717, 1.165) is 27.1 Å². The van der Waals surface area contributed by atoms with Crippen LogP contribution in [0.1, 0.15) is 24.1 Å². The Hall–Kier alpha value is -1.59. The summed E-state index contributed by atoms with van der Waals surface area (Å²) < 4.78 is 25.4. The molecule has 1 aliphatic heterocycles. The fourth-order valence-electron chi connectivity index (χ4n) is 2.44. The first-order chi connectivity index (χ1) is 10.6. The van der Waals surface area contributed by atoms with Gasteiger partial charge in [0.15, 0.2) is 11.5 Å². The third-order valence-corrected chi connectivity index (χ3v) is 4.32. The van der Waals surface area contributed by atoms with E-state index in [4.69, 9.17) is 9.47 Å². The van der Waals surface area contributed by atoms with Crippen LogP contribution < -0.4 is 14.8 Å². The topological polar surface area (TPSA) is 30.5 Å². The van der Waals surface area contributed by atoms with Gasteiger partial charge in [0, 0.05) is 17.1 Å². The Morgan fingerprint density at radius 1 is 1.18 bits per heavy atom. The van der Waals surface area contributed by atoms with Crippen LogP contribution in [-0.2, 0) is 6.54 Å². The van der Waals surface area contributed by atoms with Crippen LogP contribution in [0.25, 0.3) is 0 Å². The van der Waals surface area contributed by atoms with Gasteiger partial charge in [0.25, 0.3) is 0 Å². The molecule has 3 rings (SSSR count). The van der Waals surface area contributed by atoms with E-state index < -0.39 is 0 Å². The Labute approximate surface area is 137 Å². The van der Waals surface area contributed by atoms with Crippen LogP contribution in [0.5, 0.6) is 11.5 Å². The molecular weight excluding hydrogens is 349 g/mol. The Balaban J connectivity index is 1.73. The summed E-state index contributed by atoms with van der Waals surface area (Å²) in [6.45, 7) is 3.81. The van der Waals surface area contributed by atoms with Crippen LogP contribution in [0.2, 0.25) is 0 Å². The molecule has 1 heterocycles. The SMILES string of the molecule is CC(NCc1cccc(F)c1)c1cc2c(cc1Br)OCCO2. The number of halogens is 2. The molecule has 5 heteroatoms. The highest BCUT2D eigenvalue weighted by atomic mass is 79.9. The maximum atomic E-state index is 13.2. The highest BCUT2D eigenvalue weighted by molar-refractivity contribution is 9.10. The third kappa shape index (κ3) is 3.42. The highest BCUT2D eigenvalue weighted by Crippen LogP contribution is 2.37. The van der Waals surface area contributed by atoms with Crippen molar-refractivity contribution in [3.8, 4) is 11.5 Å². The van der Waals surface area contributed by atoms with Gasteiger partial charge < -0.3 is 14.8 Å². The number of fused-ring (bicyclic) bond motifs is 1. The second-order valence-electron chi connectivity index (χ2n) is 5.25. The van der Waals surface area contributed by atoms with Gasteiger partial charge in [-0.3, -0.25) is 0 Å². The Bertz CT molecular complexity index is 678. The zero-order valence-corrected chi connectivity index (χ0v) is 13.8. The van der Waals surface area contributed by atoms with Crippen LogP contribution in [0.3, 0.4) is 0 Å². The van der Waals surface area contributed by atoms with Gasteiger partial charge in [0.05, 0.1) is 0 Å². The molecule has 0 fully saturated rings. The molecule has 1 atom stereocenters. The lowest BCUT2D eigenvalue weighted by molar-refractivity contribution is 0.171. The number of hydrogen-bond acceptors (Lipinski definition) is 3. The van der Waals surface area contributed by atoms with E-state index in [9.17, 15) is 4.39 Å². The third-order valence-electron chi connectivity index (χ3n) is 3.63. The number of hydrogen-bond donors (Lipinski definition) is 1. The molecule has 0 spiro atoms. The Morgan fingerprint density at radius 2 is 1.91 bits per heavy atom. The first-order valence-electron chi connectivity index (χ1n) is 7.20. The van der Waals surface area contributed by atoms with Gasteiger partial charge in [-0.2, -0.15) is 0 Å². The molecule has 0 aromatic heterocycles.